The van der Waals surface area contributed by atoms with E-state index in [1.54, 1.807) is 0 Å². The standard InChI is InChI=1S/C26H26S2/c1-3-5-7-19-15-23-21-13-18-10-12-26-24(16-20(28-26)8-6-4-2)22(18)14-17(21)9-11-25(23)27-19/h9-16H,3-8H2,1-2H3. The lowest BCUT2D eigenvalue weighted by atomic mass is 9.99. The minimum absolute atomic E-state index is 1.21. The van der Waals surface area contributed by atoms with Crippen molar-refractivity contribution in [3.05, 3.63) is 58.3 Å². The average molecular weight is 403 g/mol. The third kappa shape index (κ3) is 3.13. The first-order chi connectivity index (χ1) is 13.8. The third-order valence-corrected chi connectivity index (χ3v) is 8.13. The fraction of sp³-hybridized carbons (Fsp3) is 0.308. The van der Waals surface area contributed by atoms with Crippen LogP contribution in [-0.4, -0.2) is 0 Å². The Hall–Kier alpha value is -1.90. The molecule has 5 rings (SSSR count). The van der Waals surface area contributed by atoms with Crippen LogP contribution >= 0.6 is 22.7 Å². The van der Waals surface area contributed by atoms with Gasteiger partial charge in [-0.3, -0.25) is 0 Å². The predicted octanol–water partition coefficient (Wildman–Crippen LogP) is 9.11. The van der Waals surface area contributed by atoms with Crippen molar-refractivity contribution in [1.29, 1.82) is 0 Å². The molecule has 0 aliphatic carbocycles. The summed E-state index contributed by atoms with van der Waals surface area (Å²) in [6.07, 6.45) is 7.50. The molecule has 0 aliphatic heterocycles. The molecular formula is C26H26S2. The van der Waals surface area contributed by atoms with Crippen molar-refractivity contribution >= 4 is 64.4 Å². The summed E-state index contributed by atoms with van der Waals surface area (Å²) in [5.74, 6) is 0. The van der Waals surface area contributed by atoms with E-state index in [0.717, 1.165) is 0 Å². The molecule has 2 aromatic heterocycles. The third-order valence-electron chi connectivity index (χ3n) is 5.81. The molecule has 0 nitrogen and oxygen atoms in total. The lowest BCUT2D eigenvalue weighted by Crippen LogP contribution is -1.79. The Labute approximate surface area is 174 Å². The summed E-state index contributed by atoms with van der Waals surface area (Å²) in [6.45, 7) is 4.54. The van der Waals surface area contributed by atoms with Crippen LogP contribution in [0.3, 0.4) is 0 Å². The van der Waals surface area contributed by atoms with Gasteiger partial charge in [0, 0.05) is 29.9 Å². The summed E-state index contributed by atoms with van der Waals surface area (Å²) in [6, 6.07) is 19.0. The van der Waals surface area contributed by atoms with E-state index in [-0.39, 0.29) is 0 Å². The highest BCUT2D eigenvalue weighted by Gasteiger charge is 2.10. The number of hydrogen-bond donors (Lipinski definition) is 0. The maximum absolute atomic E-state index is 2.44. The second-order valence-electron chi connectivity index (χ2n) is 7.88. The summed E-state index contributed by atoms with van der Waals surface area (Å²) < 4.78 is 2.85. The zero-order valence-corrected chi connectivity index (χ0v) is 18.3. The van der Waals surface area contributed by atoms with Crippen LogP contribution in [0.1, 0.15) is 49.3 Å². The zero-order chi connectivity index (χ0) is 19.1. The molecule has 0 unspecified atom stereocenters. The second kappa shape index (κ2) is 7.50. The van der Waals surface area contributed by atoms with Gasteiger partial charge in [0.05, 0.1) is 0 Å². The van der Waals surface area contributed by atoms with Crippen LogP contribution in [0.4, 0.5) is 0 Å². The molecule has 0 radical (unpaired) electrons. The summed E-state index contributed by atoms with van der Waals surface area (Å²) >= 11 is 3.95. The van der Waals surface area contributed by atoms with E-state index in [4.69, 9.17) is 0 Å². The van der Waals surface area contributed by atoms with Crippen LogP contribution in [0.5, 0.6) is 0 Å². The number of rotatable bonds is 6. The van der Waals surface area contributed by atoms with Crippen LogP contribution < -0.4 is 0 Å². The van der Waals surface area contributed by atoms with Crippen LogP contribution in [0.15, 0.2) is 48.5 Å². The summed E-state index contributed by atoms with van der Waals surface area (Å²) in [5, 5.41) is 8.42. The molecule has 2 heteroatoms. The molecule has 3 aromatic carbocycles. The van der Waals surface area contributed by atoms with Gasteiger partial charge >= 0.3 is 0 Å². The molecule has 0 N–H and O–H groups in total. The van der Waals surface area contributed by atoms with E-state index in [1.807, 2.05) is 22.7 Å². The van der Waals surface area contributed by atoms with Crippen LogP contribution in [0.2, 0.25) is 0 Å². The van der Waals surface area contributed by atoms with Crippen LogP contribution in [0.25, 0.3) is 41.7 Å². The van der Waals surface area contributed by atoms with Gasteiger partial charge in [-0.05, 0) is 83.6 Å². The number of aryl methyl sites for hydroxylation is 2. The van der Waals surface area contributed by atoms with Gasteiger partial charge in [-0.25, -0.2) is 0 Å². The topological polar surface area (TPSA) is 0 Å². The van der Waals surface area contributed by atoms with Gasteiger partial charge in [-0.15, -0.1) is 22.7 Å². The van der Waals surface area contributed by atoms with E-state index in [1.165, 1.54) is 90.0 Å². The van der Waals surface area contributed by atoms with Crippen LogP contribution in [0, 0.1) is 0 Å². The Morgan fingerprint density at radius 1 is 0.571 bits per heavy atom. The van der Waals surface area contributed by atoms with E-state index in [9.17, 15) is 0 Å². The summed E-state index contributed by atoms with van der Waals surface area (Å²) in [5.41, 5.74) is 0. The molecule has 0 bridgehead atoms. The monoisotopic (exact) mass is 402 g/mol. The largest absolute Gasteiger partial charge is 0.140 e. The van der Waals surface area contributed by atoms with Crippen molar-refractivity contribution in [3.63, 3.8) is 0 Å². The van der Waals surface area contributed by atoms with Crippen molar-refractivity contribution in [1.82, 2.24) is 0 Å². The Bertz CT molecular complexity index is 1180. The Morgan fingerprint density at radius 2 is 1.04 bits per heavy atom. The van der Waals surface area contributed by atoms with E-state index in [2.05, 4.69) is 62.4 Å². The van der Waals surface area contributed by atoms with Gasteiger partial charge in [0.15, 0.2) is 0 Å². The normalized spacial score (nSPS) is 12.1. The maximum Gasteiger partial charge on any atom is 0.0352 e. The fourth-order valence-electron chi connectivity index (χ4n) is 4.24. The maximum atomic E-state index is 2.44. The molecule has 28 heavy (non-hydrogen) atoms. The van der Waals surface area contributed by atoms with Gasteiger partial charge in [0.2, 0.25) is 0 Å². The lowest BCUT2D eigenvalue weighted by molar-refractivity contribution is 0.804. The molecule has 0 aliphatic rings. The van der Waals surface area contributed by atoms with Gasteiger partial charge in [-0.2, -0.15) is 0 Å². The average Bonchev–Trinajstić information content (AvgIpc) is 3.33. The highest BCUT2D eigenvalue weighted by Crippen LogP contribution is 2.38. The lowest BCUT2D eigenvalue weighted by Gasteiger charge is -2.05. The fourth-order valence-corrected chi connectivity index (χ4v) is 6.48. The first kappa shape index (κ1) is 18.1. The summed E-state index contributed by atoms with van der Waals surface area (Å²) in [7, 11) is 0. The summed E-state index contributed by atoms with van der Waals surface area (Å²) in [4.78, 5) is 3.05. The highest BCUT2D eigenvalue weighted by molar-refractivity contribution is 7.19. The van der Waals surface area contributed by atoms with Crippen molar-refractivity contribution in [2.75, 3.05) is 0 Å². The molecule has 0 saturated heterocycles. The van der Waals surface area contributed by atoms with E-state index >= 15 is 0 Å². The van der Waals surface area contributed by atoms with Crippen molar-refractivity contribution < 1.29 is 0 Å². The SMILES string of the molecule is CCCCc1cc2c(ccc3cc4c(ccc5sc(CCCC)cc54)cc32)s1. The number of unbranched alkanes of at least 4 members (excludes halogenated alkanes) is 2. The van der Waals surface area contributed by atoms with Crippen molar-refractivity contribution in [3.8, 4) is 0 Å². The van der Waals surface area contributed by atoms with Gasteiger partial charge in [0.1, 0.15) is 0 Å². The minimum atomic E-state index is 1.21. The Kier molecular flexibility index (Phi) is 4.86. The molecule has 0 saturated carbocycles. The Balaban J connectivity index is 1.69. The number of thiophene rings is 2. The second-order valence-corrected chi connectivity index (χ2v) is 10.2. The van der Waals surface area contributed by atoms with E-state index < -0.39 is 0 Å². The van der Waals surface area contributed by atoms with Crippen molar-refractivity contribution in [2.45, 2.75) is 52.4 Å². The van der Waals surface area contributed by atoms with E-state index in [0.29, 0.717) is 0 Å². The molecule has 142 valence electrons. The number of fused-ring (bicyclic) bond motifs is 6. The molecule has 0 amide bonds. The highest BCUT2D eigenvalue weighted by atomic mass is 32.1. The number of hydrogen-bond acceptors (Lipinski definition) is 2. The quantitative estimate of drug-likeness (QED) is 0.248. The molecule has 5 aromatic rings. The molecule has 0 spiro atoms. The van der Waals surface area contributed by atoms with Gasteiger partial charge in [-0.1, -0.05) is 38.8 Å². The molecule has 2 heterocycles. The minimum Gasteiger partial charge on any atom is -0.140 e. The van der Waals surface area contributed by atoms with Crippen molar-refractivity contribution in [2.24, 2.45) is 0 Å². The smallest absolute Gasteiger partial charge is 0.0352 e. The Morgan fingerprint density at radius 3 is 1.46 bits per heavy atom. The molecular weight excluding hydrogens is 376 g/mol. The zero-order valence-electron chi connectivity index (χ0n) is 16.7. The van der Waals surface area contributed by atoms with Gasteiger partial charge in [0.25, 0.3) is 0 Å². The molecule has 0 atom stereocenters. The molecule has 0 fully saturated rings. The first-order valence-electron chi connectivity index (χ1n) is 10.6. The number of benzene rings is 3. The first-order valence-corrected chi connectivity index (χ1v) is 12.2. The predicted molar refractivity (Wildman–Crippen MR) is 129 cm³/mol. The van der Waals surface area contributed by atoms with Crippen LogP contribution in [-0.2, 0) is 12.8 Å². The van der Waals surface area contributed by atoms with Gasteiger partial charge < -0.3 is 0 Å².